The van der Waals surface area contributed by atoms with E-state index in [9.17, 15) is 0 Å². The number of hydrogen-bond acceptors (Lipinski definition) is 2. The van der Waals surface area contributed by atoms with Gasteiger partial charge in [0.1, 0.15) is 0 Å². The van der Waals surface area contributed by atoms with Gasteiger partial charge in [-0.2, -0.15) is 0 Å². The number of benzene rings is 1. The molecule has 2 nitrogen and oxygen atoms in total. The minimum atomic E-state index is 0.699. The first kappa shape index (κ1) is 13.1. The fourth-order valence-corrected chi connectivity index (χ4v) is 2.96. The van der Waals surface area contributed by atoms with Crippen LogP contribution in [0.5, 0.6) is 0 Å². The highest BCUT2D eigenvalue weighted by Gasteiger charge is 2.30. The van der Waals surface area contributed by atoms with E-state index in [0.717, 1.165) is 16.9 Å². The molecule has 94 valence electrons. The lowest BCUT2D eigenvalue weighted by Crippen LogP contribution is -2.34. The average molecular weight is 297 g/mol. The number of halogens is 1. The summed E-state index contributed by atoms with van der Waals surface area (Å²) in [5, 5.41) is 0. The van der Waals surface area contributed by atoms with Gasteiger partial charge in [-0.1, -0.05) is 35.0 Å². The van der Waals surface area contributed by atoms with Crippen molar-refractivity contribution in [3.63, 3.8) is 0 Å². The van der Waals surface area contributed by atoms with Gasteiger partial charge in [-0.3, -0.25) is 4.90 Å². The van der Waals surface area contributed by atoms with Crippen molar-refractivity contribution in [3.05, 3.63) is 34.3 Å². The molecule has 0 spiro atoms. The van der Waals surface area contributed by atoms with Crippen molar-refractivity contribution in [1.82, 2.24) is 9.80 Å². The van der Waals surface area contributed by atoms with Crippen molar-refractivity contribution < 1.29 is 0 Å². The fourth-order valence-electron chi connectivity index (χ4n) is 2.70. The van der Waals surface area contributed by atoms with Crippen molar-refractivity contribution in [2.45, 2.75) is 19.5 Å². The highest BCUT2D eigenvalue weighted by Crippen LogP contribution is 2.22. The molecule has 0 amide bonds. The molecule has 17 heavy (non-hydrogen) atoms. The van der Waals surface area contributed by atoms with E-state index in [1.165, 1.54) is 18.7 Å². The van der Waals surface area contributed by atoms with Gasteiger partial charge in [-0.05, 0) is 37.7 Å². The maximum atomic E-state index is 3.48. The van der Waals surface area contributed by atoms with Crippen LogP contribution >= 0.6 is 15.9 Å². The molecule has 2 unspecified atom stereocenters. The Morgan fingerprint density at radius 3 is 2.41 bits per heavy atom. The van der Waals surface area contributed by atoms with Crippen LogP contribution in [-0.4, -0.2) is 43.0 Å². The fraction of sp³-hybridized carbons (Fsp3) is 0.571. The topological polar surface area (TPSA) is 6.48 Å². The minimum absolute atomic E-state index is 0.699. The Balaban J connectivity index is 1.95. The third-order valence-electron chi connectivity index (χ3n) is 3.63. The van der Waals surface area contributed by atoms with Gasteiger partial charge in [0.2, 0.25) is 0 Å². The quantitative estimate of drug-likeness (QED) is 0.846. The molecule has 0 aromatic heterocycles. The van der Waals surface area contributed by atoms with Crippen LogP contribution in [0, 0.1) is 5.92 Å². The Morgan fingerprint density at radius 2 is 1.88 bits per heavy atom. The number of likely N-dealkylation sites (tertiary alicyclic amines) is 1. The van der Waals surface area contributed by atoms with Crippen LogP contribution in [0.15, 0.2) is 28.7 Å². The van der Waals surface area contributed by atoms with Crippen molar-refractivity contribution >= 4 is 15.9 Å². The molecule has 1 heterocycles. The normalized spacial score (nSPS) is 25.7. The molecule has 1 fully saturated rings. The minimum Gasteiger partial charge on any atom is -0.305 e. The van der Waals surface area contributed by atoms with Crippen LogP contribution < -0.4 is 0 Å². The molecule has 0 radical (unpaired) electrons. The molecule has 1 aromatic carbocycles. The summed E-state index contributed by atoms with van der Waals surface area (Å²) in [5.41, 5.74) is 1.40. The van der Waals surface area contributed by atoms with Crippen LogP contribution in [0.1, 0.15) is 12.5 Å². The summed E-state index contributed by atoms with van der Waals surface area (Å²) in [7, 11) is 4.37. The van der Waals surface area contributed by atoms with Gasteiger partial charge in [0.15, 0.2) is 0 Å². The number of nitrogens with zero attached hydrogens (tertiary/aromatic N) is 2. The van der Waals surface area contributed by atoms with Gasteiger partial charge in [0.25, 0.3) is 0 Å². The first-order valence-corrected chi connectivity index (χ1v) is 6.99. The summed E-state index contributed by atoms with van der Waals surface area (Å²) in [4.78, 5) is 4.91. The van der Waals surface area contributed by atoms with E-state index in [1.54, 1.807) is 0 Å². The number of rotatable bonds is 3. The zero-order chi connectivity index (χ0) is 12.4. The molecule has 1 aliphatic heterocycles. The van der Waals surface area contributed by atoms with Gasteiger partial charge in [-0.15, -0.1) is 0 Å². The summed E-state index contributed by atoms with van der Waals surface area (Å²) in [6.07, 6.45) is 0. The number of likely N-dealkylation sites (N-methyl/N-ethyl adjacent to an activating group) is 1. The molecule has 3 heteroatoms. The molecule has 0 N–H and O–H groups in total. The first-order chi connectivity index (χ1) is 8.06. The predicted molar refractivity (Wildman–Crippen MR) is 76.1 cm³/mol. The molecule has 2 atom stereocenters. The van der Waals surface area contributed by atoms with Crippen molar-refractivity contribution in [2.24, 2.45) is 5.92 Å². The molecule has 1 aromatic rings. The zero-order valence-electron chi connectivity index (χ0n) is 10.9. The van der Waals surface area contributed by atoms with Gasteiger partial charge >= 0.3 is 0 Å². The van der Waals surface area contributed by atoms with E-state index in [4.69, 9.17) is 0 Å². The molecule has 0 bridgehead atoms. The lowest BCUT2D eigenvalue weighted by molar-refractivity contribution is 0.250. The SMILES string of the molecule is CC1CN(Cc2ccc(Br)cc2)CC1N(C)C. The smallest absolute Gasteiger partial charge is 0.0254 e. The third kappa shape index (κ3) is 3.30. The second kappa shape index (κ2) is 5.51. The Hall–Kier alpha value is -0.380. The first-order valence-electron chi connectivity index (χ1n) is 6.19. The Labute approximate surface area is 113 Å². The highest BCUT2D eigenvalue weighted by atomic mass is 79.9. The van der Waals surface area contributed by atoms with E-state index in [0.29, 0.717) is 6.04 Å². The van der Waals surface area contributed by atoms with Gasteiger partial charge in [0.05, 0.1) is 0 Å². The Bertz CT molecular complexity index is 361. The Kier molecular flexibility index (Phi) is 4.23. The van der Waals surface area contributed by atoms with E-state index in [2.05, 4.69) is 71.0 Å². The molecule has 1 saturated heterocycles. The van der Waals surface area contributed by atoms with Gasteiger partial charge in [-0.25, -0.2) is 0 Å². The van der Waals surface area contributed by atoms with Gasteiger partial charge in [0, 0.05) is 30.1 Å². The van der Waals surface area contributed by atoms with E-state index < -0.39 is 0 Å². The van der Waals surface area contributed by atoms with Crippen LogP contribution in [0.4, 0.5) is 0 Å². The summed E-state index contributed by atoms with van der Waals surface area (Å²) >= 11 is 3.48. The monoisotopic (exact) mass is 296 g/mol. The maximum absolute atomic E-state index is 3.48. The average Bonchev–Trinajstić information content (AvgIpc) is 2.63. The zero-order valence-corrected chi connectivity index (χ0v) is 12.4. The summed E-state index contributed by atoms with van der Waals surface area (Å²) in [5.74, 6) is 0.764. The molecule has 0 saturated carbocycles. The molecule has 2 rings (SSSR count). The molecule has 0 aliphatic carbocycles. The molecular formula is C14H21BrN2. The highest BCUT2D eigenvalue weighted by molar-refractivity contribution is 9.10. The van der Waals surface area contributed by atoms with Gasteiger partial charge < -0.3 is 4.90 Å². The van der Waals surface area contributed by atoms with Crippen LogP contribution in [0.3, 0.4) is 0 Å². The second-order valence-corrected chi connectivity index (χ2v) is 6.24. The predicted octanol–water partition coefficient (Wildman–Crippen LogP) is 2.83. The maximum Gasteiger partial charge on any atom is 0.0254 e. The summed E-state index contributed by atoms with van der Waals surface area (Å²) in [6, 6.07) is 9.36. The van der Waals surface area contributed by atoms with Crippen molar-refractivity contribution in [1.29, 1.82) is 0 Å². The third-order valence-corrected chi connectivity index (χ3v) is 4.16. The Morgan fingerprint density at radius 1 is 1.24 bits per heavy atom. The molecular weight excluding hydrogens is 276 g/mol. The largest absolute Gasteiger partial charge is 0.305 e. The second-order valence-electron chi connectivity index (χ2n) is 5.33. The van der Waals surface area contributed by atoms with Crippen LogP contribution in [-0.2, 0) is 6.54 Å². The summed E-state index contributed by atoms with van der Waals surface area (Å²) < 4.78 is 1.15. The van der Waals surface area contributed by atoms with Crippen LogP contribution in [0.2, 0.25) is 0 Å². The van der Waals surface area contributed by atoms with Crippen molar-refractivity contribution in [3.8, 4) is 0 Å². The van der Waals surface area contributed by atoms with E-state index in [1.807, 2.05) is 0 Å². The van der Waals surface area contributed by atoms with E-state index in [-0.39, 0.29) is 0 Å². The lowest BCUT2D eigenvalue weighted by Gasteiger charge is -2.22. The van der Waals surface area contributed by atoms with Crippen molar-refractivity contribution in [2.75, 3.05) is 27.2 Å². The number of hydrogen-bond donors (Lipinski definition) is 0. The standard InChI is InChI=1S/C14H21BrN2/c1-11-8-17(10-14(11)16(2)3)9-12-4-6-13(15)7-5-12/h4-7,11,14H,8-10H2,1-3H3. The van der Waals surface area contributed by atoms with E-state index >= 15 is 0 Å². The lowest BCUT2D eigenvalue weighted by atomic mass is 10.1. The summed E-state index contributed by atoms with van der Waals surface area (Å²) in [6.45, 7) is 5.82. The molecule has 1 aliphatic rings. The van der Waals surface area contributed by atoms with Crippen LogP contribution in [0.25, 0.3) is 0 Å².